The average Bonchev–Trinajstić information content (AvgIpc) is 2.61. The number of hydrogen-bond acceptors (Lipinski definition) is 4. The Kier molecular flexibility index (Phi) is 7.56. The Bertz CT molecular complexity index is 826. The number of carbonyl (C=O) groups is 3. The minimum atomic E-state index is -1.58. The van der Waals surface area contributed by atoms with Gasteiger partial charge >= 0.3 is 17.9 Å². The molecule has 0 saturated carbocycles. The Morgan fingerprint density at radius 1 is 0.808 bits per heavy atom. The molecule has 0 aliphatic carbocycles. The van der Waals surface area contributed by atoms with Crippen LogP contribution in [0, 0.1) is 0 Å². The van der Waals surface area contributed by atoms with Gasteiger partial charge in [-0.1, -0.05) is 30.3 Å². The summed E-state index contributed by atoms with van der Waals surface area (Å²) >= 11 is 0. The first-order valence-electron chi connectivity index (χ1n) is 7.13. The maximum absolute atomic E-state index is 10.7. The molecular weight excluding hydrogens is 387 g/mol. The van der Waals surface area contributed by atoms with Crippen molar-refractivity contribution in [3.05, 3.63) is 70.8 Å². The summed E-state index contributed by atoms with van der Waals surface area (Å²) in [7, 11) is 0. The summed E-state index contributed by atoms with van der Waals surface area (Å²) in [4.78, 5) is 32.0. The van der Waals surface area contributed by atoms with E-state index in [0.717, 1.165) is 17.9 Å². The first-order valence-corrected chi connectivity index (χ1v) is 7.13. The van der Waals surface area contributed by atoms with E-state index in [1.807, 2.05) is 30.3 Å². The number of carboxylic acids is 3. The number of fused-ring (bicyclic) bond motifs is 1. The summed E-state index contributed by atoms with van der Waals surface area (Å²) in [6.45, 7) is 0.705. The van der Waals surface area contributed by atoms with E-state index >= 15 is 0 Å². The summed E-state index contributed by atoms with van der Waals surface area (Å²) in [5.74, 6) is -3.54. The van der Waals surface area contributed by atoms with Gasteiger partial charge in [0.2, 0.25) is 0 Å². The largest absolute Gasteiger partial charge is 0.489 e. The molecule has 1 aliphatic heterocycles. The predicted molar refractivity (Wildman–Crippen MR) is 88.3 cm³/mol. The molecule has 0 radical (unpaired) electrons. The van der Waals surface area contributed by atoms with Gasteiger partial charge in [0.25, 0.3) is 0 Å². The quantitative estimate of drug-likeness (QED) is 0.677. The Hall–Kier alpha value is -3.12. The molecule has 2 aromatic carbocycles. The molecule has 138 valence electrons. The summed E-state index contributed by atoms with van der Waals surface area (Å²) in [5.41, 5.74) is -0.615. The summed E-state index contributed by atoms with van der Waals surface area (Å²) in [5, 5.41) is 26.0. The molecule has 0 fully saturated rings. The molecular formula is C18H14NiO7. The van der Waals surface area contributed by atoms with Crippen LogP contribution in [0.1, 0.15) is 36.6 Å². The fourth-order valence-electron chi connectivity index (χ4n) is 2.20. The third kappa shape index (κ3) is 4.94. The third-order valence-corrected chi connectivity index (χ3v) is 3.29. The molecule has 0 spiro atoms. The summed E-state index contributed by atoms with van der Waals surface area (Å²) in [6.07, 6.45) is 4.10. The summed E-state index contributed by atoms with van der Waals surface area (Å²) < 4.78 is 5.34. The summed E-state index contributed by atoms with van der Waals surface area (Å²) in [6, 6.07) is 11.3. The maximum Gasteiger partial charge on any atom is 0.337 e. The van der Waals surface area contributed by atoms with Gasteiger partial charge in [-0.15, -0.1) is 0 Å². The van der Waals surface area contributed by atoms with Crippen LogP contribution in [0.2, 0.25) is 0 Å². The standard InChI is InChI=1S/C9H6O6.C9H8O.Ni/c10-7(11)4-2-1-3-5(8(12)13)6(4)9(14)15;1-2-6-9-8(4-1)5-3-7-10-9;/h1-3H,(H,10,11)(H,12,13)(H,14,15);1-6H,7H2;. The van der Waals surface area contributed by atoms with Gasteiger partial charge in [-0.3, -0.25) is 0 Å². The molecule has 8 heteroatoms. The van der Waals surface area contributed by atoms with Crippen molar-refractivity contribution in [3.8, 4) is 5.75 Å². The van der Waals surface area contributed by atoms with Crippen LogP contribution in [-0.4, -0.2) is 39.8 Å². The second kappa shape index (κ2) is 9.39. The molecule has 3 N–H and O–H groups in total. The van der Waals surface area contributed by atoms with Crippen LogP contribution >= 0.6 is 0 Å². The Morgan fingerprint density at radius 3 is 1.88 bits per heavy atom. The van der Waals surface area contributed by atoms with Crippen molar-refractivity contribution >= 4 is 24.0 Å². The van der Waals surface area contributed by atoms with Crippen LogP contribution in [0.25, 0.3) is 6.08 Å². The number of hydrogen-bond donors (Lipinski definition) is 3. The normalized spacial score (nSPS) is 10.9. The maximum atomic E-state index is 10.7. The van der Waals surface area contributed by atoms with Gasteiger partial charge in [0.1, 0.15) is 12.4 Å². The topological polar surface area (TPSA) is 121 Å². The minimum absolute atomic E-state index is 0. The third-order valence-electron chi connectivity index (χ3n) is 3.29. The number of para-hydroxylation sites is 1. The molecule has 0 bridgehead atoms. The second-order valence-electron chi connectivity index (χ2n) is 4.89. The van der Waals surface area contributed by atoms with E-state index < -0.39 is 34.6 Å². The number of rotatable bonds is 3. The van der Waals surface area contributed by atoms with Crippen LogP contribution in [0.5, 0.6) is 5.75 Å². The molecule has 26 heavy (non-hydrogen) atoms. The number of benzene rings is 2. The van der Waals surface area contributed by atoms with E-state index in [0.29, 0.717) is 6.61 Å². The van der Waals surface area contributed by atoms with E-state index in [4.69, 9.17) is 20.1 Å². The van der Waals surface area contributed by atoms with Gasteiger partial charge in [-0.2, -0.15) is 0 Å². The van der Waals surface area contributed by atoms with Crippen LogP contribution in [0.4, 0.5) is 0 Å². The molecule has 7 nitrogen and oxygen atoms in total. The first kappa shape index (κ1) is 20.9. The monoisotopic (exact) mass is 400 g/mol. The van der Waals surface area contributed by atoms with Gasteiger partial charge in [0.15, 0.2) is 0 Å². The van der Waals surface area contributed by atoms with Crippen molar-refractivity contribution in [2.45, 2.75) is 0 Å². The van der Waals surface area contributed by atoms with E-state index in [2.05, 4.69) is 6.08 Å². The number of carboxylic acid groups (broad SMARTS) is 3. The van der Waals surface area contributed by atoms with Gasteiger partial charge in [0, 0.05) is 22.1 Å². The molecule has 2 aromatic rings. The fourth-order valence-corrected chi connectivity index (χ4v) is 2.20. The van der Waals surface area contributed by atoms with Gasteiger partial charge in [-0.25, -0.2) is 14.4 Å². The Morgan fingerprint density at radius 2 is 1.38 bits per heavy atom. The zero-order chi connectivity index (χ0) is 18.4. The van der Waals surface area contributed by atoms with Gasteiger partial charge in [-0.05, 0) is 24.3 Å². The van der Waals surface area contributed by atoms with Crippen LogP contribution in [0.3, 0.4) is 0 Å². The smallest absolute Gasteiger partial charge is 0.337 e. The van der Waals surface area contributed by atoms with Crippen molar-refractivity contribution in [1.82, 2.24) is 0 Å². The number of ether oxygens (including phenoxy) is 1. The molecule has 3 rings (SSSR count). The fraction of sp³-hybridized carbons (Fsp3) is 0.0556. The predicted octanol–water partition coefficient (Wildman–Crippen LogP) is 2.87. The molecule has 0 atom stereocenters. The molecule has 0 aromatic heterocycles. The average molecular weight is 401 g/mol. The minimum Gasteiger partial charge on any atom is -0.489 e. The van der Waals surface area contributed by atoms with Crippen LogP contribution < -0.4 is 4.74 Å². The molecule has 1 aliphatic rings. The molecule has 1 heterocycles. The molecule has 0 saturated heterocycles. The van der Waals surface area contributed by atoms with Crippen LogP contribution in [-0.2, 0) is 16.5 Å². The van der Waals surface area contributed by atoms with Crippen molar-refractivity contribution in [3.63, 3.8) is 0 Å². The zero-order valence-corrected chi connectivity index (χ0v) is 14.2. The van der Waals surface area contributed by atoms with Gasteiger partial charge < -0.3 is 20.1 Å². The van der Waals surface area contributed by atoms with E-state index in [9.17, 15) is 14.4 Å². The zero-order valence-electron chi connectivity index (χ0n) is 13.2. The van der Waals surface area contributed by atoms with E-state index in [1.54, 1.807) is 0 Å². The van der Waals surface area contributed by atoms with Crippen LogP contribution in [0.15, 0.2) is 48.5 Å². The number of aromatic carboxylic acids is 3. The van der Waals surface area contributed by atoms with Crippen molar-refractivity contribution < 1.29 is 50.9 Å². The van der Waals surface area contributed by atoms with Crippen molar-refractivity contribution in [2.24, 2.45) is 0 Å². The Balaban J connectivity index is 0.000000267. The first-order chi connectivity index (χ1) is 11.9. The second-order valence-corrected chi connectivity index (χ2v) is 4.89. The SMILES string of the molecule is C1=Cc2ccccc2OC1.O=C(O)c1cccc(C(=O)O)c1C(=O)O.[Ni]. The molecule has 0 unspecified atom stereocenters. The molecule has 0 amide bonds. The van der Waals surface area contributed by atoms with Crippen molar-refractivity contribution in [2.75, 3.05) is 6.61 Å². The Labute approximate surface area is 158 Å². The van der Waals surface area contributed by atoms with E-state index in [-0.39, 0.29) is 16.5 Å². The van der Waals surface area contributed by atoms with Crippen molar-refractivity contribution in [1.29, 1.82) is 0 Å². The van der Waals surface area contributed by atoms with E-state index in [1.165, 1.54) is 11.6 Å². The van der Waals surface area contributed by atoms with Gasteiger partial charge in [0.05, 0.1) is 16.7 Å².